The highest BCUT2D eigenvalue weighted by atomic mass is 19.1. The highest BCUT2D eigenvalue weighted by Crippen LogP contribution is 2.17. The fraction of sp³-hybridized carbons (Fsp3) is 0.263. The zero-order valence-electron chi connectivity index (χ0n) is 13.9. The molecule has 0 atom stereocenters. The first-order valence-electron chi connectivity index (χ1n) is 7.94. The van der Waals surface area contributed by atoms with Crippen molar-refractivity contribution in [3.05, 3.63) is 59.4 Å². The number of carbonyl (C=O) groups excluding carboxylic acids is 1. The first kappa shape index (κ1) is 18.4. The van der Waals surface area contributed by atoms with Crippen LogP contribution in [0.25, 0.3) is 0 Å². The lowest BCUT2D eigenvalue weighted by atomic mass is 10.1. The van der Waals surface area contributed by atoms with Gasteiger partial charge in [0.2, 0.25) is 5.91 Å². The number of hydrogen-bond donors (Lipinski definition) is 2. The minimum absolute atomic E-state index is 0.0807. The van der Waals surface area contributed by atoms with Gasteiger partial charge in [0.25, 0.3) is 0 Å². The van der Waals surface area contributed by atoms with Crippen LogP contribution in [0.15, 0.2) is 42.5 Å². The number of ether oxygens (including phenoxy) is 1. The number of para-hydroxylation sites is 1. The first-order valence-corrected chi connectivity index (χ1v) is 7.94. The van der Waals surface area contributed by atoms with Crippen molar-refractivity contribution < 1.29 is 23.8 Å². The van der Waals surface area contributed by atoms with Gasteiger partial charge < -0.3 is 15.2 Å². The number of carbonyl (C=O) groups is 2. The van der Waals surface area contributed by atoms with E-state index in [4.69, 9.17) is 9.84 Å². The van der Waals surface area contributed by atoms with Gasteiger partial charge in [-0.25, -0.2) is 4.39 Å². The maximum absolute atomic E-state index is 13.8. The van der Waals surface area contributed by atoms with Crippen LogP contribution in [0, 0.1) is 12.7 Å². The number of anilines is 1. The predicted molar refractivity (Wildman–Crippen MR) is 92.3 cm³/mol. The monoisotopic (exact) mass is 345 g/mol. The van der Waals surface area contributed by atoms with Crippen LogP contribution in [0.4, 0.5) is 10.1 Å². The Hall–Kier alpha value is -2.89. The fourth-order valence-electron chi connectivity index (χ4n) is 2.29. The van der Waals surface area contributed by atoms with E-state index < -0.39 is 18.2 Å². The van der Waals surface area contributed by atoms with Crippen LogP contribution in [0.5, 0.6) is 5.75 Å². The Labute approximate surface area is 145 Å². The number of aryl methyl sites for hydroxylation is 1. The quantitative estimate of drug-likeness (QED) is 0.717. The van der Waals surface area contributed by atoms with Gasteiger partial charge in [-0.2, -0.15) is 0 Å². The summed E-state index contributed by atoms with van der Waals surface area (Å²) in [7, 11) is 0. The summed E-state index contributed by atoms with van der Waals surface area (Å²) >= 11 is 0. The van der Waals surface area contributed by atoms with Crippen LogP contribution in [0.3, 0.4) is 0 Å². The summed E-state index contributed by atoms with van der Waals surface area (Å²) in [6.07, 6.45) is 0.375. The van der Waals surface area contributed by atoms with Gasteiger partial charge in [-0.15, -0.1) is 0 Å². The second-order valence-electron chi connectivity index (χ2n) is 5.64. The van der Waals surface area contributed by atoms with Crippen molar-refractivity contribution in [2.45, 2.75) is 26.2 Å². The molecule has 0 aromatic heterocycles. The van der Waals surface area contributed by atoms with E-state index in [-0.39, 0.29) is 17.9 Å². The lowest BCUT2D eigenvalue weighted by Crippen LogP contribution is -2.13. The van der Waals surface area contributed by atoms with Crippen molar-refractivity contribution in [1.29, 1.82) is 0 Å². The highest BCUT2D eigenvalue weighted by Gasteiger charge is 2.09. The molecule has 0 fully saturated rings. The number of halogens is 1. The molecule has 0 aliphatic rings. The first-order chi connectivity index (χ1) is 12.0. The molecule has 0 unspecified atom stereocenters. The minimum Gasteiger partial charge on any atom is -0.493 e. The molecule has 0 spiro atoms. The summed E-state index contributed by atoms with van der Waals surface area (Å²) in [6, 6.07) is 11.6. The zero-order chi connectivity index (χ0) is 18.2. The molecule has 0 aliphatic carbocycles. The topological polar surface area (TPSA) is 75.6 Å². The molecule has 2 aromatic rings. The SMILES string of the molecule is Cc1ccccc1OCCCC(=O)Nc1ccc(CC(=O)O)c(F)c1. The molecule has 0 heterocycles. The van der Waals surface area contributed by atoms with Crippen molar-refractivity contribution in [3.63, 3.8) is 0 Å². The summed E-state index contributed by atoms with van der Waals surface area (Å²) in [4.78, 5) is 22.5. The molecule has 2 aromatic carbocycles. The van der Waals surface area contributed by atoms with E-state index in [1.54, 1.807) is 0 Å². The molecule has 0 aliphatic heterocycles. The molecule has 2 N–H and O–H groups in total. The third kappa shape index (κ3) is 5.91. The number of hydrogen-bond acceptors (Lipinski definition) is 3. The number of carboxylic acid groups (broad SMARTS) is 1. The molecule has 0 saturated carbocycles. The Morgan fingerprint density at radius 3 is 2.64 bits per heavy atom. The molecule has 132 valence electrons. The Kier molecular flexibility index (Phi) is 6.51. The Balaban J connectivity index is 1.77. The summed E-state index contributed by atoms with van der Waals surface area (Å²) in [5, 5.41) is 11.3. The lowest BCUT2D eigenvalue weighted by Gasteiger charge is -2.09. The zero-order valence-corrected chi connectivity index (χ0v) is 13.9. The summed E-state index contributed by atoms with van der Waals surface area (Å²) < 4.78 is 19.4. The number of benzene rings is 2. The van der Waals surface area contributed by atoms with Gasteiger partial charge in [-0.3, -0.25) is 9.59 Å². The molecule has 1 amide bonds. The molecule has 2 rings (SSSR count). The number of aliphatic carboxylic acids is 1. The smallest absolute Gasteiger partial charge is 0.307 e. The van der Waals surface area contributed by atoms with Crippen molar-refractivity contribution >= 4 is 17.6 Å². The standard InChI is InChI=1S/C19H20FNO4/c1-13-5-2-3-6-17(13)25-10-4-7-18(22)21-15-9-8-14(11-19(23)24)16(20)12-15/h2-3,5-6,8-9,12H,4,7,10-11H2,1H3,(H,21,22)(H,23,24). The Bertz CT molecular complexity index is 761. The van der Waals surface area contributed by atoms with Crippen molar-refractivity contribution in [3.8, 4) is 5.75 Å². The van der Waals surface area contributed by atoms with E-state index in [0.29, 0.717) is 18.7 Å². The van der Waals surface area contributed by atoms with Crippen LogP contribution in [-0.2, 0) is 16.0 Å². The van der Waals surface area contributed by atoms with Gasteiger partial charge in [0.05, 0.1) is 13.0 Å². The summed E-state index contributed by atoms with van der Waals surface area (Å²) in [5.41, 5.74) is 1.41. The molecule has 0 bridgehead atoms. The van der Waals surface area contributed by atoms with E-state index in [1.807, 2.05) is 31.2 Å². The molecule has 5 nitrogen and oxygen atoms in total. The summed E-state index contributed by atoms with van der Waals surface area (Å²) in [6.45, 7) is 2.36. The highest BCUT2D eigenvalue weighted by molar-refractivity contribution is 5.90. The third-order valence-electron chi connectivity index (χ3n) is 3.58. The minimum atomic E-state index is -1.11. The van der Waals surface area contributed by atoms with Crippen molar-refractivity contribution in [2.24, 2.45) is 0 Å². The van der Waals surface area contributed by atoms with Crippen molar-refractivity contribution in [2.75, 3.05) is 11.9 Å². The average Bonchev–Trinajstić information content (AvgIpc) is 2.55. The van der Waals surface area contributed by atoms with Gasteiger partial charge in [0.15, 0.2) is 0 Å². The molecular weight excluding hydrogens is 325 g/mol. The van der Waals surface area contributed by atoms with E-state index in [9.17, 15) is 14.0 Å². The van der Waals surface area contributed by atoms with Gasteiger partial charge in [-0.05, 0) is 42.7 Å². The van der Waals surface area contributed by atoms with E-state index in [0.717, 1.165) is 17.4 Å². The van der Waals surface area contributed by atoms with E-state index >= 15 is 0 Å². The molecular formula is C19H20FNO4. The maximum atomic E-state index is 13.8. The number of rotatable bonds is 8. The lowest BCUT2D eigenvalue weighted by molar-refractivity contribution is -0.136. The normalized spacial score (nSPS) is 10.3. The van der Waals surface area contributed by atoms with Crippen LogP contribution in [0.2, 0.25) is 0 Å². The summed E-state index contributed by atoms with van der Waals surface area (Å²) in [5.74, 6) is -1.22. The van der Waals surface area contributed by atoms with Crippen LogP contribution < -0.4 is 10.1 Å². The fourth-order valence-corrected chi connectivity index (χ4v) is 2.29. The number of amides is 1. The van der Waals surface area contributed by atoms with Gasteiger partial charge in [0, 0.05) is 12.1 Å². The second kappa shape index (κ2) is 8.82. The molecule has 0 radical (unpaired) electrons. The van der Waals surface area contributed by atoms with Crippen molar-refractivity contribution in [1.82, 2.24) is 0 Å². The van der Waals surface area contributed by atoms with Crippen LogP contribution in [-0.4, -0.2) is 23.6 Å². The van der Waals surface area contributed by atoms with Gasteiger partial charge >= 0.3 is 5.97 Å². The second-order valence-corrected chi connectivity index (χ2v) is 5.64. The Morgan fingerprint density at radius 1 is 1.20 bits per heavy atom. The van der Waals surface area contributed by atoms with Gasteiger partial charge in [0.1, 0.15) is 11.6 Å². The van der Waals surface area contributed by atoms with E-state index in [1.165, 1.54) is 12.1 Å². The molecule has 6 heteroatoms. The maximum Gasteiger partial charge on any atom is 0.307 e. The van der Waals surface area contributed by atoms with Crippen LogP contribution >= 0.6 is 0 Å². The molecule has 0 saturated heterocycles. The predicted octanol–water partition coefficient (Wildman–Crippen LogP) is 3.56. The van der Waals surface area contributed by atoms with E-state index in [2.05, 4.69) is 5.32 Å². The Morgan fingerprint density at radius 2 is 1.96 bits per heavy atom. The van der Waals surface area contributed by atoms with Gasteiger partial charge in [-0.1, -0.05) is 24.3 Å². The third-order valence-corrected chi connectivity index (χ3v) is 3.58. The average molecular weight is 345 g/mol. The molecule has 25 heavy (non-hydrogen) atoms. The number of carboxylic acids is 1. The van der Waals surface area contributed by atoms with Crippen LogP contribution in [0.1, 0.15) is 24.0 Å². The largest absolute Gasteiger partial charge is 0.493 e. The number of nitrogens with one attached hydrogen (secondary N) is 1.